The SMILES string of the molecule is COCOc1cc(-c2cc(C)c3nc(C)cn3n2)cnc1-c1ccc(O[C@H]2CC(C)(C)NC(C)(C)[C@H]2F)nn1. The predicted molar refractivity (Wildman–Crippen MR) is 144 cm³/mol. The topological polar surface area (TPSA) is 109 Å². The Morgan fingerprint density at radius 3 is 2.62 bits per heavy atom. The van der Waals surface area contributed by atoms with Crippen LogP contribution >= 0.6 is 0 Å². The minimum absolute atomic E-state index is 0.0259. The molecule has 0 bridgehead atoms. The average molecular weight is 536 g/mol. The van der Waals surface area contributed by atoms with Crippen LogP contribution in [0.2, 0.25) is 0 Å². The number of alkyl halides is 1. The van der Waals surface area contributed by atoms with Gasteiger partial charge < -0.3 is 19.5 Å². The van der Waals surface area contributed by atoms with Crippen molar-refractivity contribution in [2.45, 2.75) is 71.3 Å². The Bertz CT molecular complexity index is 1490. The molecule has 0 aliphatic carbocycles. The van der Waals surface area contributed by atoms with Gasteiger partial charge in [-0.1, -0.05) is 0 Å². The molecule has 2 atom stereocenters. The van der Waals surface area contributed by atoms with Crippen molar-refractivity contribution in [2.24, 2.45) is 0 Å². The summed E-state index contributed by atoms with van der Waals surface area (Å²) in [4.78, 5) is 9.15. The van der Waals surface area contributed by atoms with Crippen LogP contribution in [0, 0.1) is 13.8 Å². The van der Waals surface area contributed by atoms with Gasteiger partial charge in [-0.2, -0.15) is 5.10 Å². The number of nitrogens with zero attached hydrogens (tertiary/aromatic N) is 6. The number of piperidine rings is 1. The number of aryl methyl sites for hydroxylation is 2. The van der Waals surface area contributed by atoms with Crippen LogP contribution in [0.5, 0.6) is 11.6 Å². The van der Waals surface area contributed by atoms with Crippen LogP contribution in [0.3, 0.4) is 0 Å². The van der Waals surface area contributed by atoms with Crippen molar-refractivity contribution in [3.63, 3.8) is 0 Å². The highest BCUT2D eigenvalue weighted by atomic mass is 19.1. The zero-order valence-electron chi connectivity index (χ0n) is 23.3. The average Bonchev–Trinajstić information content (AvgIpc) is 3.26. The number of rotatable bonds is 7. The number of pyridine rings is 1. The Morgan fingerprint density at radius 2 is 1.90 bits per heavy atom. The first-order chi connectivity index (χ1) is 18.5. The maximum Gasteiger partial charge on any atom is 0.233 e. The largest absolute Gasteiger partial charge is 0.470 e. The van der Waals surface area contributed by atoms with E-state index in [2.05, 4.69) is 25.5 Å². The van der Waals surface area contributed by atoms with E-state index in [-0.39, 0.29) is 18.2 Å². The van der Waals surface area contributed by atoms with Gasteiger partial charge in [0.05, 0.1) is 17.6 Å². The number of methoxy groups -OCH3 is 1. The molecule has 4 aromatic heterocycles. The second-order valence-corrected chi connectivity index (χ2v) is 11.2. The quantitative estimate of drug-likeness (QED) is 0.343. The van der Waals surface area contributed by atoms with Gasteiger partial charge in [0.1, 0.15) is 17.5 Å². The highest BCUT2D eigenvalue weighted by molar-refractivity contribution is 5.70. The number of hydrogen-bond acceptors (Lipinski definition) is 9. The monoisotopic (exact) mass is 535 g/mol. The molecular weight excluding hydrogens is 501 g/mol. The van der Waals surface area contributed by atoms with E-state index in [4.69, 9.17) is 19.3 Å². The van der Waals surface area contributed by atoms with E-state index < -0.39 is 17.8 Å². The smallest absolute Gasteiger partial charge is 0.233 e. The van der Waals surface area contributed by atoms with Gasteiger partial charge in [-0.25, -0.2) is 18.9 Å². The number of imidazole rings is 1. The molecule has 1 fully saturated rings. The number of halogens is 1. The van der Waals surface area contributed by atoms with Gasteiger partial charge in [0, 0.05) is 42.4 Å². The van der Waals surface area contributed by atoms with Gasteiger partial charge in [-0.3, -0.25) is 0 Å². The minimum Gasteiger partial charge on any atom is -0.470 e. The van der Waals surface area contributed by atoms with Crippen molar-refractivity contribution < 1.29 is 18.6 Å². The Labute approximate surface area is 226 Å². The molecule has 10 nitrogen and oxygen atoms in total. The zero-order chi connectivity index (χ0) is 27.9. The summed E-state index contributed by atoms with van der Waals surface area (Å²) in [6.45, 7) is 11.7. The van der Waals surface area contributed by atoms with Gasteiger partial charge >= 0.3 is 0 Å². The highest BCUT2D eigenvalue weighted by Crippen LogP contribution is 2.34. The molecule has 1 aliphatic heterocycles. The van der Waals surface area contributed by atoms with E-state index in [1.807, 2.05) is 59.9 Å². The Morgan fingerprint density at radius 1 is 1.10 bits per heavy atom. The molecule has 5 rings (SSSR count). The Hall–Kier alpha value is -3.70. The third kappa shape index (κ3) is 5.55. The fourth-order valence-electron chi connectivity index (χ4n) is 5.22. The van der Waals surface area contributed by atoms with Crippen molar-refractivity contribution in [2.75, 3.05) is 13.9 Å². The van der Waals surface area contributed by atoms with E-state index >= 15 is 4.39 Å². The van der Waals surface area contributed by atoms with Gasteiger partial charge in [-0.05, 0) is 65.3 Å². The highest BCUT2D eigenvalue weighted by Gasteiger charge is 2.47. The zero-order valence-corrected chi connectivity index (χ0v) is 23.3. The number of nitrogens with one attached hydrogen (secondary N) is 1. The van der Waals surface area contributed by atoms with E-state index in [1.54, 1.807) is 30.0 Å². The molecule has 0 unspecified atom stereocenters. The molecule has 1 aliphatic rings. The van der Waals surface area contributed by atoms with Crippen LogP contribution in [0.25, 0.3) is 28.3 Å². The van der Waals surface area contributed by atoms with Crippen molar-refractivity contribution in [3.8, 4) is 34.3 Å². The summed E-state index contributed by atoms with van der Waals surface area (Å²) in [6.07, 6.45) is 2.23. The molecule has 0 spiro atoms. The maximum atomic E-state index is 15.2. The molecule has 0 saturated carbocycles. The molecule has 0 aromatic carbocycles. The summed E-state index contributed by atoms with van der Waals surface area (Å²) in [5.41, 5.74) is 4.14. The Balaban J connectivity index is 1.42. The number of ether oxygens (including phenoxy) is 3. The lowest BCUT2D eigenvalue weighted by Gasteiger charge is -2.48. The fourth-order valence-corrected chi connectivity index (χ4v) is 5.22. The van der Waals surface area contributed by atoms with E-state index in [1.165, 1.54) is 0 Å². The van der Waals surface area contributed by atoms with Gasteiger partial charge in [-0.15, -0.1) is 10.2 Å². The molecule has 0 amide bonds. The summed E-state index contributed by atoms with van der Waals surface area (Å²) in [7, 11) is 1.55. The first-order valence-corrected chi connectivity index (χ1v) is 12.9. The molecule has 4 aromatic rings. The van der Waals surface area contributed by atoms with Crippen LogP contribution in [-0.4, -0.2) is 67.0 Å². The van der Waals surface area contributed by atoms with E-state index in [0.717, 1.165) is 28.2 Å². The standard InChI is InChI=1S/C28H34FN7O3/c1-16-10-20(34-36-14-17(2)31-26(16)36)18-11-21(38-15-37-7)24(30-13-18)19-8-9-23(33-32-19)39-22-12-27(3,4)35-28(5,6)25(22)29/h8-11,13-14,22,25,35H,12,15H2,1-7H3/t22-,25-/m0/s1. The van der Waals surface area contributed by atoms with Gasteiger partial charge in [0.25, 0.3) is 0 Å². The minimum atomic E-state index is -1.21. The fraction of sp³-hybridized carbons (Fsp3) is 0.464. The summed E-state index contributed by atoms with van der Waals surface area (Å²) in [6, 6.07) is 7.22. The van der Waals surface area contributed by atoms with Gasteiger partial charge in [0.2, 0.25) is 5.88 Å². The second-order valence-electron chi connectivity index (χ2n) is 11.2. The molecule has 0 radical (unpaired) electrons. The number of fused-ring (bicyclic) bond motifs is 1. The first-order valence-electron chi connectivity index (χ1n) is 12.9. The van der Waals surface area contributed by atoms with Crippen LogP contribution < -0.4 is 14.8 Å². The Kier molecular flexibility index (Phi) is 6.98. The molecule has 11 heteroatoms. The molecule has 1 saturated heterocycles. The molecular formula is C28H34FN7O3. The maximum absolute atomic E-state index is 15.2. The molecule has 206 valence electrons. The third-order valence-corrected chi connectivity index (χ3v) is 6.75. The van der Waals surface area contributed by atoms with Gasteiger partial charge in [0.15, 0.2) is 24.4 Å². The van der Waals surface area contributed by atoms with Crippen molar-refractivity contribution >= 4 is 5.65 Å². The van der Waals surface area contributed by atoms with E-state index in [0.29, 0.717) is 23.6 Å². The molecule has 39 heavy (non-hydrogen) atoms. The summed E-state index contributed by atoms with van der Waals surface area (Å²) in [5.74, 6) is 0.712. The van der Waals surface area contributed by atoms with Crippen molar-refractivity contribution in [1.82, 2.24) is 35.1 Å². The van der Waals surface area contributed by atoms with E-state index in [9.17, 15) is 0 Å². The summed E-state index contributed by atoms with van der Waals surface area (Å²) >= 11 is 0. The summed E-state index contributed by atoms with van der Waals surface area (Å²) < 4.78 is 33.9. The van der Waals surface area contributed by atoms with Crippen LogP contribution in [0.1, 0.15) is 45.4 Å². The third-order valence-electron chi connectivity index (χ3n) is 6.75. The van der Waals surface area contributed by atoms with Crippen molar-refractivity contribution in [3.05, 3.63) is 47.9 Å². The first kappa shape index (κ1) is 26.9. The lowest BCUT2D eigenvalue weighted by atomic mass is 9.79. The normalized spacial score (nSPS) is 20.2. The van der Waals surface area contributed by atoms with Crippen molar-refractivity contribution in [1.29, 1.82) is 0 Å². The number of aromatic nitrogens is 6. The lowest BCUT2D eigenvalue weighted by molar-refractivity contribution is -0.0281. The lowest BCUT2D eigenvalue weighted by Crippen LogP contribution is -2.66. The predicted octanol–water partition coefficient (Wildman–Crippen LogP) is 4.48. The van der Waals surface area contributed by atoms with Crippen LogP contribution in [0.4, 0.5) is 4.39 Å². The van der Waals surface area contributed by atoms with Crippen LogP contribution in [-0.2, 0) is 4.74 Å². The molecule has 1 N–H and O–H groups in total. The summed E-state index contributed by atoms with van der Waals surface area (Å²) in [5, 5.41) is 16.6. The number of hydrogen-bond donors (Lipinski definition) is 1. The molecule has 5 heterocycles. The second kappa shape index (κ2) is 10.1. The van der Waals surface area contributed by atoms with Crippen LogP contribution in [0.15, 0.2) is 36.7 Å².